The number of hydrazone groups is 1. The fraction of sp³-hybridized carbons (Fsp3) is 0.200. The lowest BCUT2D eigenvalue weighted by Crippen LogP contribution is -2.09. The van der Waals surface area contributed by atoms with Crippen molar-refractivity contribution in [2.45, 2.75) is 5.75 Å². The molecule has 1 heterocycles. The molecule has 0 atom stereocenters. The van der Waals surface area contributed by atoms with E-state index in [4.69, 9.17) is 11.6 Å². The molecule has 0 aliphatic rings. The zero-order chi connectivity index (χ0) is 8.10. The van der Waals surface area contributed by atoms with Crippen molar-refractivity contribution in [1.82, 2.24) is 5.16 Å². The van der Waals surface area contributed by atoms with E-state index in [0.717, 1.165) is 5.56 Å². The first-order chi connectivity index (χ1) is 5.33. The third-order valence-electron chi connectivity index (χ3n) is 0.997. The summed E-state index contributed by atoms with van der Waals surface area (Å²) >= 11 is 1.34. The van der Waals surface area contributed by atoms with E-state index in [1.165, 1.54) is 11.8 Å². The van der Waals surface area contributed by atoms with Crippen LogP contribution < -0.4 is 11.6 Å². The predicted octanol–water partition coefficient (Wildman–Crippen LogP) is 0.0962. The largest absolute Gasteiger partial charge is 0.377 e. The van der Waals surface area contributed by atoms with Crippen LogP contribution in [0, 0.1) is 0 Å². The van der Waals surface area contributed by atoms with Gasteiger partial charge in [-0.25, -0.2) is 0 Å². The molecular weight excluding hydrogens is 164 g/mol. The van der Waals surface area contributed by atoms with Crippen LogP contribution in [0.4, 0.5) is 0 Å². The van der Waals surface area contributed by atoms with Gasteiger partial charge in [0.25, 0.3) is 0 Å². The van der Waals surface area contributed by atoms with E-state index in [2.05, 4.69) is 14.8 Å². The molecule has 0 aromatic carbocycles. The summed E-state index contributed by atoms with van der Waals surface area (Å²) in [4.78, 5) is 0. The maximum Gasteiger partial charge on any atom is 0.177 e. The monoisotopic (exact) mass is 172 g/mol. The first-order valence-corrected chi connectivity index (χ1v) is 3.86. The zero-order valence-electron chi connectivity index (χ0n) is 5.73. The van der Waals surface area contributed by atoms with Crippen LogP contribution in [0.15, 0.2) is 22.1 Å². The SMILES string of the molecule is NN=C(N)SCc1cnoc1. The average Bonchev–Trinajstić information content (AvgIpc) is 2.52. The molecule has 1 rings (SSSR count). The smallest absolute Gasteiger partial charge is 0.177 e. The molecule has 0 unspecified atom stereocenters. The molecule has 6 heteroatoms. The van der Waals surface area contributed by atoms with Crippen molar-refractivity contribution in [3.8, 4) is 0 Å². The standard InChI is InChI=1S/C5H8N4OS/c6-5(9-7)11-3-4-1-8-10-2-4/h1-2H,3,7H2,(H2,6,9). The summed E-state index contributed by atoms with van der Waals surface area (Å²) in [6, 6.07) is 0. The Balaban J connectivity index is 2.35. The lowest BCUT2D eigenvalue weighted by atomic mass is 10.4. The van der Waals surface area contributed by atoms with Crippen LogP contribution in [0.25, 0.3) is 0 Å². The molecule has 0 spiro atoms. The van der Waals surface area contributed by atoms with Crippen molar-refractivity contribution in [2.24, 2.45) is 16.7 Å². The van der Waals surface area contributed by atoms with E-state index in [9.17, 15) is 0 Å². The van der Waals surface area contributed by atoms with E-state index in [-0.39, 0.29) is 0 Å². The molecule has 1 aromatic heterocycles. The molecule has 0 bridgehead atoms. The van der Waals surface area contributed by atoms with Gasteiger partial charge in [-0.15, -0.1) is 0 Å². The molecule has 60 valence electrons. The number of hydrogen-bond donors (Lipinski definition) is 2. The quantitative estimate of drug-likeness (QED) is 0.285. The second-order valence-electron chi connectivity index (χ2n) is 1.79. The van der Waals surface area contributed by atoms with Gasteiger partial charge in [0, 0.05) is 11.3 Å². The Kier molecular flexibility index (Phi) is 2.79. The Hall–Kier alpha value is -1.17. The van der Waals surface area contributed by atoms with Gasteiger partial charge in [0.2, 0.25) is 0 Å². The van der Waals surface area contributed by atoms with Crippen LogP contribution in [-0.4, -0.2) is 10.3 Å². The van der Waals surface area contributed by atoms with Gasteiger partial charge in [0.05, 0.1) is 6.20 Å². The van der Waals surface area contributed by atoms with Crippen molar-refractivity contribution >= 4 is 16.9 Å². The van der Waals surface area contributed by atoms with Gasteiger partial charge >= 0.3 is 0 Å². The minimum atomic E-state index is 0.353. The third-order valence-corrected chi connectivity index (χ3v) is 1.88. The van der Waals surface area contributed by atoms with E-state index in [1.54, 1.807) is 12.5 Å². The number of hydrogen-bond acceptors (Lipinski definition) is 5. The number of aromatic nitrogens is 1. The summed E-state index contributed by atoms with van der Waals surface area (Å²) in [6.45, 7) is 0. The van der Waals surface area contributed by atoms with Crippen molar-refractivity contribution in [3.05, 3.63) is 18.0 Å². The molecule has 0 amide bonds. The van der Waals surface area contributed by atoms with E-state index in [0.29, 0.717) is 10.9 Å². The Bertz CT molecular complexity index is 233. The van der Waals surface area contributed by atoms with Crippen molar-refractivity contribution < 1.29 is 4.52 Å². The van der Waals surface area contributed by atoms with Crippen molar-refractivity contribution in [3.63, 3.8) is 0 Å². The first kappa shape index (κ1) is 7.93. The van der Waals surface area contributed by atoms with E-state index >= 15 is 0 Å². The summed E-state index contributed by atoms with van der Waals surface area (Å²) < 4.78 is 4.61. The molecule has 0 saturated carbocycles. The predicted molar refractivity (Wildman–Crippen MR) is 43.6 cm³/mol. The average molecular weight is 172 g/mol. The van der Waals surface area contributed by atoms with Gasteiger partial charge in [0.1, 0.15) is 6.26 Å². The second-order valence-corrected chi connectivity index (χ2v) is 2.78. The Labute approximate surface area is 67.8 Å². The van der Waals surface area contributed by atoms with Gasteiger partial charge < -0.3 is 16.1 Å². The van der Waals surface area contributed by atoms with Crippen LogP contribution in [0.3, 0.4) is 0 Å². The maximum absolute atomic E-state index is 5.33. The number of nitrogens with zero attached hydrogens (tertiary/aromatic N) is 2. The summed E-state index contributed by atoms with van der Waals surface area (Å²) in [5.41, 5.74) is 6.29. The van der Waals surface area contributed by atoms with Gasteiger partial charge in [-0.2, -0.15) is 5.10 Å². The molecule has 0 saturated heterocycles. The number of nitrogens with two attached hydrogens (primary N) is 2. The third kappa shape index (κ3) is 2.50. The highest BCUT2D eigenvalue weighted by atomic mass is 32.2. The Morgan fingerprint density at radius 2 is 2.64 bits per heavy atom. The van der Waals surface area contributed by atoms with Gasteiger partial charge in [-0.3, -0.25) is 0 Å². The maximum atomic E-state index is 5.33. The molecule has 1 aromatic rings. The first-order valence-electron chi connectivity index (χ1n) is 2.87. The van der Waals surface area contributed by atoms with Crippen molar-refractivity contribution in [2.75, 3.05) is 0 Å². The lowest BCUT2D eigenvalue weighted by Gasteiger charge is -1.93. The lowest BCUT2D eigenvalue weighted by molar-refractivity contribution is 0.419. The van der Waals surface area contributed by atoms with Gasteiger partial charge in [-0.05, 0) is 0 Å². The second kappa shape index (κ2) is 3.87. The molecule has 0 radical (unpaired) electrons. The minimum Gasteiger partial charge on any atom is -0.377 e. The van der Waals surface area contributed by atoms with Gasteiger partial charge in [0.15, 0.2) is 5.17 Å². The summed E-state index contributed by atoms with van der Waals surface area (Å²) in [7, 11) is 0. The van der Waals surface area contributed by atoms with Crippen LogP contribution in [0.2, 0.25) is 0 Å². The van der Waals surface area contributed by atoms with Crippen LogP contribution in [0.1, 0.15) is 5.56 Å². The van der Waals surface area contributed by atoms with Crippen molar-refractivity contribution in [1.29, 1.82) is 0 Å². The Morgan fingerprint density at radius 3 is 3.18 bits per heavy atom. The molecule has 5 nitrogen and oxygen atoms in total. The van der Waals surface area contributed by atoms with Crippen LogP contribution >= 0.6 is 11.8 Å². The number of thioether (sulfide) groups is 1. The Morgan fingerprint density at radius 1 is 1.82 bits per heavy atom. The normalized spacial score (nSPS) is 11.8. The topological polar surface area (TPSA) is 90.4 Å². The molecule has 0 aliphatic carbocycles. The summed E-state index contributed by atoms with van der Waals surface area (Å²) in [6.07, 6.45) is 3.17. The fourth-order valence-corrected chi connectivity index (χ4v) is 1.02. The molecule has 11 heavy (non-hydrogen) atoms. The van der Waals surface area contributed by atoms with E-state index in [1.807, 2.05) is 0 Å². The summed E-state index contributed by atoms with van der Waals surface area (Å²) in [5.74, 6) is 5.59. The number of amidine groups is 1. The zero-order valence-corrected chi connectivity index (χ0v) is 6.54. The molecule has 4 N–H and O–H groups in total. The summed E-state index contributed by atoms with van der Waals surface area (Å²) in [5, 5.41) is 7.17. The molecule has 0 aliphatic heterocycles. The number of rotatable bonds is 2. The molecular formula is C5H8N4OS. The van der Waals surface area contributed by atoms with Gasteiger partial charge in [-0.1, -0.05) is 16.9 Å². The van der Waals surface area contributed by atoms with Crippen LogP contribution in [0.5, 0.6) is 0 Å². The fourth-order valence-electron chi connectivity index (χ4n) is 0.493. The highest BCUT2D eigenvalue weighted by molar-refractivity contribution is 8.13. The highest BCUT2D eigenvalue weighted by Gasteiger charge is 1.97. The van der Waals surface area contributed by atoms with E-state index < -0.39 is 0 Å². The minimum absolute atomic E-state index is 0.353. The van der Waals surface area contributed by atoms with Crippen LogP contribution in [-0.2, 0) is 5.75 Å². The molecule has 0 fully saturated rings. The highest BCUT2D eigenvalue weighted by Crippen LogP contribution is 2.09.